The molecule has 2 atom stereocenters. The van der Waals surface area contributed by atoms with Crippen LogP contribution in [0.25, 0.3) is 0 Å². The van der Waals surface area contributed by atoms with Gasteiger partial charge < -0.3 is 5.11 Å². The highest BCUT2D eigenvalue weighted by molar-refractivity contribution is 6.30. The summed E-state index contributed by atoms with van der Waals surface area (Å²) < 4.78 is 0. The van der Waals surface area contributed by atoms with E-state index in [1.807, 2.05) is 54.6 Å². The van der Waals surface area contributed by atoms with Crippen molar-refractivity contribution in [3.63, 3.8) is 0 Å². The second-order valence-corrected chi connectivity index (χ2v) is 8.28. The quantitative estimate of drug-likeness (QED) is 0.348. The Balaban J connectivity index is 1.51. The van der Waals surface area contributed by atoms with Gasteiger partial charge >= 0.3 is 6.09 Å². The zero-order chi connectivity index (χ0) is 21.8. The first kappa shape index (κ1) is 21.7. The number of nitrogens with zero attached hydrogens (tertiary/aromatic N) is 1. The molecule has 1 heterocycles. The van der Waals surface area contributed by atoms with Crippen LogP contribution in [0.1, 0.15) is 22.8 Å². The van der Waals surface area contributed by atoms with Gasteiger partial charge in [-0.15, -0.1) is 0 Å². The van der Waals surface area contributed by atoms with Gasteiger partial charge in [0.25, 0.3) is 0 Å². The molecule has 3 aromatic rings. The number of hydrogen-bond acceptors (Lipinski definition) is 3. The molecule has 31 heavy (non-hydrogen) atoms. The molecule has 0 aliphatic carbocycles. The van der Waals surface area contributed by atoms with Crippen molar-refractivity contribution in [1.82, 2.24) is 4.90 Å². The van der Waals surface area contributed by atoms with Gasteiger partial charge in [-0.3, -0.25) is 4.90 Å². The predicted molar refractivity (Wildman–Crippen MR) is 119 cm³/mol. The van der Waals surface area contributed by atoms with Gasteiger partial charge in [-0.05, 0) is 47.4 Å². The first-order valence-electron chi connectivity index (χ1n) is 9.88. The lowest BCUT2D eigenvalue weighted by Crippen LogP contribution is -2.63. The van der Waals surface area contributed by atoms with Crippen molar-refractivity contribution in [3.05, 3.63) is 106 Å². The lowest BCUT2D eigenvalue weighted by atomic mass is 9.93. The minimum Gasteiger partial charge on any atom is -0.465 e. The van der Waals surface area contributed by atoms with Crippen molar-refractivity contribution >= 4 is 29.3 Å². The van der Waals surface area contributed by atoms with E-state index in [0.717, 1.165) is 16.7 Å². The third-order valence-corrected chi connectivity index (χ3v) is 5.86. The number of rotatable bonds is 7. The van der Waals surface area contributed by atoms with Crippen molar-refractivity contribution in [1.29, 1.82) is 0 Å². The summed E-state index contributed by atoms with van der Waals surface area (Å²) in [5, 5.41) is 10.7. The van der Waals surface area contributed by atoms with Crippen molar-refractivity contribution in [3.8, 4) is 0 Å². The smallest absolute Gasteiger partial charge is 0.407 e. The Morgan fingerprint density at radius 2 is 1.48 bits per heavy atom. The van der Waals surface area contributed by atoms with Crippen LogP contribution >= 0.6 is 23.2 Å². The highest BCUT2D eigenvalue weighted by Gasteiger charge is 2.44. The van der Waals surface area contributed by atoms with Crippen LogP contribution in [-0.4, -0.2) is 34.8 Å². The average Bonchev–Trinajstić information content (AvgIpc) is 2.76. The van der Waals surface area contributed by atoms with E-state index in [4.69, 9.17) is 33.0 Å². The van der Waals surface area contributed by atoms with Gasteiger partial charge in [0.05, 0.1) is 12.6 Å². The van der Waals surface area contributed by atoms with E-state index in [1.54, 1.807) is 24.3 Å². The monoisotopic (exact) mass is 457 g/mol. The second kappa shape index (κ2) is 9.71. The van der Waals surface area contributed by atoms with E-state index in [2.05, 4.69) is 0 Å². The zero-order valence-electron chi connectivity index (χ0n) is 16.5. The van der Waals surface area contributed by atoms with Crippen molar-refractivity contribution in [2.75, 3.05) is 6.54 Å². The van der Waals surface area contributed by atoms with E-state index in [0.29, 0.717) is 16.5 Å². The summed E-state index contributed by atoms with van der Waals surface area (Å²) in [6.07, 6.45) is -1.30. The SMILES string of the molecule is O=C(O)N1CC(OOC(c2ccc(Cl)cc2)c2ccc(Cl)cc2)C1Cc1ccccc1. The van der Waals surface area contributed by atoms with Crippen LogP contribution in [0.3, 0.4) is 0 Å². The molecule has 7 heteroatoms. The number of likely N-dealkylation sites (tertiary alicyclic amines) is 1. The Morgan fingerprint density at radius 3 is 2.00 bits per heavy atom. The molecule has 1 fully saturated rings. The second-order valence-electron chi connectivity index (χ2n) is 7.41. The standard InChI is InChI=1S/C24H21Cl2NO4/c25-19-10-6-17(7-11-19)23(18-8-12-20(26)13-9-18)31-30-22-15-27(24(28)29)21(22)14-16-4-2-1-3-5-16/h1-13,21-23H,14-15H2,(H,28,29). The molecule has 4 rings (SSSR count). The van der Waals surface area contributed by atoms with Crippen LogP contribution in [0.2, 0.25) is 10.0 Å². The molecule has 3 aromatic carbocycles. The van der Waals surface area contributed by atoms with Crippen molar-refractivity contribution in [2.45, 2.75) is 24.7 Å². The van der Waals surface area contributed by atoms with E-state index in [9.17, 15) is 9.90 Å². The van der Waals surface area contributed by atoms with Crippen LogP contribution in [0, 0.1) is 0 Å². The molecular weight excluding hydrogens is 437 g/mol. The summed E-state index contributed by atoms with van der Waals surface area (Å²) in [5.41, 5.74) is 2.76. The molecule has 1 N–H and O–H groups in total. The number of carboxylic acid groups (broad SMARTS) is 1. The Morgan fingerprint density at radius 1 is 0.935 bits per heavy atom. The first-order chi connectivity index (χ1) is 15.0. The van der Waals surface area contributed by atoms with Gasteiger partial charge in [-0.2, -0.15) is 0 Å². The first-order valence-corrected chi connectivity index (χ1v) is 10.6. The third-order valence-electron chi connectivity index (χ3n) is 5.36. The molecule has 1 aliphatic rings. The zero-order valence-corrected chi connectivity index (χ0v) is 18.0. The number of benzene rings is 3. The van der Waals surface area contributed by atoms with Crippen LogP contribution in [0.4, 0.5) is 4.79 Å². The molecule has 1 amide bonds. The van der Waals surface area contributed by atoms with Gasteiger partial charge in [0.1, 0.15) is 12.2 Å². The van der Waals surface area contributed by atoms with Crippen LogP contribution in [-0.2, 0) is 16.2 Å². The molecule has 2 unspecified atom stereocenters. The maximum atomic E-state index is 11.6. The number of hydrogen-bond donors (Lipinski definition) is 1. The predicted octanol–water partition coefficient (Wildman–Crippen LogP) is 6.00. The maximum absolute atomic E-state index is 11.6. The summed E-state index contributed by atoms with van der Waals surface area (Å²) >= 11 is 12.1. The number of carbonyl (C=O) groups is 1. The van der Waals surface area contributed by atoms with Gasteiger partial charge in [0.15, 0.2) is 0 Å². The van der Waals surface area contributed by atoms with Crippen molar-refractivity contribution in [2.24, 2.45) is 0 Å². The van der Waals surface area contributed by atoms with Gasteiger partial charge in [0, 0.05) is 10.0 Å². The summed E-state index contributed by atoms with van der Waals surface area (Å²) in [6, 6.07) is 24.1. The summed E-state index contributed by atoms with van der Waals surface area (Å²) in [6.45, 7) is 0.251. The molecule has 1 saturated heterocycles. The largest absolute Gasteiger partial charge is 0.465 e. The normalized spacial score (nSPS) is 18.1. The lowest BCUT2D eigenvalue weighted by Gasteiger charge is -2.45. The molecule has 1 aliphatic heterocycles. The average molecular weight is 458 g/mol. The van der Waals surface area contributed by atoms with E-state index in [-0.39, 0.29) is 18.7 Å². The van der Waals surface area contributed by atoms with Crippen LogP contribution < -0.4 is 0 Å². The summed E-state index contributed by atoms with van der Waals surface area (Å²) in [4.78, 5) is 24.6. The fourth-order valence-corrected chi connectivity index (χ4v) is 3.88. The van der Waals surface area contributed by atoms with E-state index >= 15 is 0 Å². The fourth-order valence-electron chi connectivity index (χ4n) is 3.63. The Bertz CT molecular complexity index is 967. The molecule has 0 saturated carbocycles. The van der Waals surface area contributed by atoms with Crippen LogP contribution in [0.5, 0.6) is 0 Å². The summed E-state index contributed by atoms with van der Waals surface area (Å²) in [5.74, 6) is 0. The third kappa shape index (κ3) is 5.20. The Kier molecular flexibility index (Phi) is 6.78. The number of halogens is 2. The fraction of sp³-hybridized carbons (Fsp3) is 0.208. The molecular formula is C24H21Cl2NO4. The molecule has 160 valence electrons. The molecule has 0 bridgehead atoms. The van der Waals surface area contributed by atoms with Gasteiger partial charge in [0.2, 0.25) is 0 Å². The molecule has 5 nitrogen and oxygen atoms in total. The minimum atomic E-state index is -0.965. The topological polar surface area (TPSA) is 59.0 Å². The van der Waals surface area contributed by atoms with Crippen molar-refractivity contribution < 1.29 is 19.7 Å². The molecule has 0 spiro atoms. The maximum Gasteiger partial charge on any atom is 0.407 e. The Labute approximate surface area is 190 Å². The summed E-state index contributed by atoms with van der Waals surface area (Å²) in [7, 11) is 0. The Hall–Kier alpha value is -2.57. The van der Waals surface area contributed by atoms with E-state index in [1.165, 1.54) is 4.90 Å². The van der Waals surface area contributed by atoms with Gasteiger partial charge in [-0.1, -0.05) is 77.8 Å². The van der Waals surface area contributed by atoms with Crippen LogP contribution in [0.15, 0.2) is 78.9 Å². The number of amides is 1. The highest BCUT2D eigenvalue weighted by atomic mass is 35.5. The highest BCUT2D eigenvalue weighted by Crippen LogP contribution is 2.32. The van der Waals surface area contributed by atoms with Gasteiger partial charge in [-0.25, -0.2) is 14.6 Å². The lowest BCUT2D eigenvalue weighted by molar-refractivity contribution is -0.370. The molecule has 0 aromatic heterocycles. The molecule has 0 radical (unpaired) electrons. The van der Waals surface area contributed by atoms with E-state index < -0.39 is 12.2 Å². The minimum absolute atomic E-state index is 0.251.